The molecule has 1 aromatic heterocycles. The highest BCUT2D eigenvalue weighted by Gasteiger charge is 2.12. The molecule has 0 aliphatic carbocycles. The van der Waals surface area contributed by atoms with Crippen molar-refractivity contribution in [2.75, 3.05) is 0 Å². The van der Waals surface area contributed by atoms with Gasteiger partial charge in [-0.25, -0.2) is 4.39 Å². The van der Waals surface area contributed by atoms with Gasteiger partial charge in [0.2, 0.25) is 0 Å². The number of pyridine rings is 1. The first-order valence-corrected chi connectivity index (χ1v) is 6.42. The number of aromatic nitrogens is 1. The van der Waals surface area contributed by atoms with Gasteiger partial charge in [0.25, 0.3) is 0 Å². The lowest BCUT2D eigenvalue weighted by Crippen LogP contribution is -3.00. The Kier molecular flexibility index (Phi) is 4.58. The summed E-state index contributed by atoms with van der Waals surface area (Å²) in [7, 11) is 0. The van der Waals surface area contributed by atoms with Crippen LogP contribution in [0.3, 0.4) is 0 Å². The number of rotatable bonds is 2. The quantitative estimate of drug-likeness (QED) is 0.621. The van der Waals surface area contributed by atoms with Gasteiger partial charge in [-0.05, 0) is 23.6 Å². The molecule has 0 bridgehead atoms. The van der Waals surface area contributed by atoms with Crippen molar-refractivity contribution < 1.29 is 21.4 Å². The van der Waals surface area contributed by atoms with E-state index in [1.807, 2.05) is 41.2 Å². The molecular weight excluding hydrogens is 296 g/mol. The van der Waals surface area contributed by atoms with Crippen LogP contribution in [0.25, 0.3) is 10.8 Å². The van der Waals surface area contributed by atoms with Crippen LogP contribution in [0.4, 0.5) is 4.39 Å². The second-order valence-electron chi connectivity index (χ2n) is 4.45. The molecule has 3 aromatic rings. The molecule has 0 unspecified atom stereocenters. The van der Waals surface area contributed by atoms with Crippen molar-refractivity contribution in [2.24, 2.45) is 0 Å². The molecule has 0 aliphatic heterocycles. The molecule has 0 amide bonds. The molecule has 0 aliphatic rings. The van der Waals surface area contributed by atoms with Crippen molar-refractivity contribution in [1.29, 1.82) is 0 Å². The van der Waals surface area contributed by atoms with Gasteiger partial charge in [0.15, 0.2) is 18.9 Å². The van der Waals surface area contributed by atoms with Crippen LogP contribution in [-0.4, -0.2) is 0 Å². The second kappa shape index (κ2) is 6.21. The Morgan fingerprint density at radius 1 is 0.950 bits per heavy atom. The van der Waals surface area contributed by atoms with Gasteiger partial charge in [0, 0.05) is 11.5 Å². The molecular formula is C16H12Cl2FN. The van der Waals surface area contributed by atoms with Crippen LogP contribution < -0.4 is 17.0 Å². The third-order valence-electron chi connectivity index (χ3n) is 3.15. The van der Waals surface area contributed by atoms with E-state index in [0.29, 0.717) is 17.1 Å². The SMILES string of the molecule is Fc1cccc(Cl)c1C[n+]1ccc2ccccc2c1.[Cl-]. The Hall–Kier alpha value is -1.64. The van der Waals surface area contributed by atoms with E-state index in [1.54, 1.807) is 12.1 Å². The second-order valence-corrected chi connectivity index (χ2v) is 4.85. The predicted octanol–water partition coefficient (Wildman–Crippen LogP) is 0.972. The first kappa shape index (κ1) is 14.8. The molecule has 1 nitrogen and oxygen atoms in total. The van der Waals surface area contributed by atoms with Crippen LogP contribution in [0.5, 0.6) is 0 Å². The lowest BCUT2D eigenvalue weighted by molar-refractivity contribution is -0.687. The van der Waals surface area contributed by atoms with E-state index < -0.39 is 0 Å². The third kappa shape index (κ3) is 2.92. The van der Waals surface area contributed by atoms with Crippen molar-refractivity contribution in [3.8, 4) is 0 Å². The fourth-order valence-corrected chi connectivity index (χ4v) is 2.37. The average Bonchev–Trinajstić information content (AvgIpc) is 2.43. The van der Waals surface area contributed by atoms with E-state index in [1.165, 1.54) is 11.5 Å². The zero-order valence-corrected chi connectivity index (χ0v) is 12.1. The lowest BCUT2D eigenvalue weighted by Gasteiger charge is -2.03. The van der Waals surface area contributed by atoms with Gasteiger partial charge in [-0.1, -0.05) is 35.9 Å². The number of nitrogens with zero attached hydrogens (tertiary/aromatic N) is 1. The topological polar surface area (TPSA) is 3.88 Å². The average molecular weight is 308 g/mol. The van der Waals surface area contributed by atoms with Crippen LogP contribution in [0.1, 0.15) is 5.56 Å². The van der Waals surface area contributed by atoms with Gasteiger partial charge in [-0.15, -0.1) is 0 Å². The lowest BCUT2D eigenvalue weighted by atomic mass is 10.1. The highest BCUT2D eigenvalue weighted by molar-refractivity contribution is 6.31. The minimum atomic E-state index is -0.270. The molecule has 0 spiro atoms. The summed E-state index contributed by atoms with van der Waals surface area (Å²) in [6, 6.07) is 14.9. The van der Waals surface area contributed by atoms with E-state index in [4.69, 9.17) is 11.6 Å². The Bertz CT molecular complexity index is 723. The zero-order chi connectivity index (χ0) is 13.2. The Labute approximate surface area is 128 Å². The highest BCUT2D eigenvalue weighted by Crippen LogP contribution is 2.18. The largest absolute Gasteiger partial charge is 1.00 e. The fraction of sp³-hybridized carbons (Fsp3) is 0.0625. The predicted molar refractivity (Wildman–Crippen MR) is 74.7 cm³/mol. The van der Waals surface area contributed by atoms with Crippen LogP contribution in [-0.2, 0) is 6.54 Å². The third-order valence-corrected chi connectivity index (χ3v) is 3.50. The Morgan fingerprint density at radius 2 is 1.70 bits per heavy atom. The smallest absolute Gasteiger partial charge is 0.178 e. The Balaban J connectivity index is 0.00000147. The molecule has 0 radical (unpaired) electrons. The molecule has 1 heterocycles. The van der Waals surface area contributed by atoms with E-state index in [-0.39, 0.29) is 18.2 Å². The maximum absolute atomic E-state index is 13.8. The van der Waals surface area contributed by atoms with Crippen molar-refractivity contribution in [3.05, 3.63) is 77.3 Å². The maximum atomic E-state index is 13.8. The van der Waals surface area contributed by atoms with Crippen molar-refractivity contribution in [3.63, 3.8) is 0 Å². The van der Waals surface area contributed by atoms with Gasteiger partial charge in [0.05, 0.1) is 10.6 Å². The van der Waals surface area contributed by atoms with Crippen molar-refractivity contribution in [1.82, 2.24) is 0 Å². The van der Waals surface area contributed by atoms with Gasteiger partial charge in [-0.3, -0.25) is 0 Å². The van der Waals surface area contributed by atoms with Gasteiger partial charge in [0.1, 0.15) is 5.82 Å². The number of hydrogen-bond acceptors (Lipinski definition) is 0. The number of halogens is 3. The number of fused-ring (bicyclic) bond motifs is 1. The van der Waals surface area contributed by atoms with Crippen molar-refractivity contribution >= 4 is 22.4 Å². The molecule has 102 valence electrons. The van der Waals surface area contributed by atoms with Gasteiger partial charge >= 0.3 is 0 Å². The summed E-state index contributed by atoms with van der Waals surface area (Å²) in [4.78, 5) is 0. The summed E-state index contributed by atoms with van der Waals surface area (Å²) in [5.41, 5.74) is 0.518. The summed E-state index contributed by atoms with van der Waals surface area (Å²) in [5, 5.41) is 2.75. The van der Waals surface area contributed by atoms with Crippen LogP contribution in [0.15, 0.2) is 60.9 Å². The highest BCUT2D eigenvalue weighted by atomic mass is 35.5. The minimum absolute atomic E-state index is 0. The van der Waals surface area contributed by atoms with E-state index >= 15 is 0 Å². The molecule has 3 rings (SSSR count). The molecule has 0 atom stereocenters. The van der Waals surface area contributed by atoms with Gasteiger partial charge in [-0.2, -0.15) is 4.57 Å². The fourth-order valence-electron chi connectivity index (χ4n) is 2.14. The van der Waals surface area contributed by atoms with E-state index in [9.17, 15) is 4.39 Å². The summed E-state index contributed by atoms with van der Waals surface area (Å²) >= 11 is 6.04. The summed E-state index contributed by atoms with van der Waals surface area (Å²) in [6.07, 6.45) is 3.93. The maximum Gasteiger partial charge on any atom is 0.178 e. The van der Waals surface area contributed by atoms with Crippen molar-refractivity contribution in [2.45, 2.75) is 6.54 Å². The molecule has 0 fully saturated rings. The zero-order valence-electron chi connectivity index (χ0n) is 10.6. The monoisotopic (exact) mass is 307 g/mol. The summed E-state index contributed by atoms with van der Waals surface area (Å²) < 4.78 is 15.7. The molecule has 0 N–H and O–H groups in total. The van der Waals surface area contributed by atoms with Crippen LogP contribution >= 0.6 is 11.6 Å². The standard InChI is InChI=1S/C16H12ClFN.ClH/c17-15-6-3-7-16(18)14(15)11-19-9-8-12-4-1-2-5-13(12)10-19;/h1-10H,11H2;1H/q+1;/p-1. The molecule has 0 saturated heterocycles. The Morgan fingerprint density at radius 3 is 2.45 bits per heavy atom. The number of benzene rings is 2. The molecule has 20 heavy (non-hydrogen) atoms. The summed E-state index contributed by atoms with van der Waals surface area (Å²) in [6.45, 7) is 0.427. The minimum Gasteiger partial charge on any atom is -1.00 e. The molecule has 4 heteroatoms. The number of hydrogen-bond donors (Lipinski definition) is 0. The first-order chi connectivity index (χ1) is 9.24. The first-order valence-electron chi connectivity index (χ1n) is 6.05. The molecule has 2 aromatic carbocycles. The van der Waals surface area contributed by atoms with Crippen LogP contribution in [0.2, 0.25) is 5.02 Å². The van der Waals surface area contributed by atoms with E-state index in [0.717, 1.165) is 5.39 Å². The van der Waals surface area contributed by atoms with Gasteiger partial charge < -0.3 is 12.4 Å². The normalized spacial score (nSPS) is 10.3. The molecule has 0 saturated carbocycles. The van der Waals surface area contributed by atoms with E-state index in [2.05, 4.69) is 6.07 Å². The van der Waals surface area contributed by atoms with Crippen LogP contribution in [0, 0.1) is 5.82 Å². The summed E-state index contributed by atoms with van der Waals surface area (Å²) in [5.74, 6) is -0.270.